The van der Waals surface area contributed by atoms with Crippen molar-refractivity contribution in [2.24, 2.45) is 0 Å². The van der Waals surface area contributed by atoms with Crippen molar-refractivity contribution in [2.45, 2.75) is 38.8 Å². The van der Waals surface area contributed by atoms with Gasteiger partial charge in [-0.25, -0.2) is 9.59 Å². The number of hydrogen-bond acceptors (Lipinski definition) is 5. The van der Waals surface area contributed by atoms with Crippen LogP contribution < -0.4 is 5.32 Å². The molecule has 0 radical (unpaired) electrons. The van der Waals surface area contributed by atoms with Crippen molar-refractivity contribution in [1.82, 2.24) is 5.32 Å². The van der Waals surface area contributed by atoms with Gasteiger partial charge in [-0.05, 0) is 42.7 Å². The molecule has 6 heteroatoms. The highest BCUT2D eigenvalue weighted by atomic mass is 16.5. The van der Waals surface area contributed by atoms with E-state index in [2.05, 4.69) is 5.32 Å². The van der Waals surface area contributed by atoms with Crippen LogP contribution in [0, 0.1) is 0 Å². The zero-order valence-electron chi connectivity index (χ0n) is 15.9. The molecule has 0 bridgehead atoms. The van der Waals surface area contributed by atoms with Crippen molar-refractivity contribution in [3.63, 3.8) is 0 Å². The molecule has 0 unspecified atom stereocenters. The van der Waals surface area contributed by atoms with E-state index in [4.69, 9.17) is 9.47 Å². The molecule has 2 aromatic rings. The zero-order chi connectivity index (χ0) is 20.1. The minimum absolute atomic E-state index is 0.0240. The summed E-state index contributed by atoms with van der Waals surface area (Å²) in [6, 6.07) is 14.2. The number of rotatable bonds is 6. The summed E-state index contributed by atoms with van der Waals surface area (Å²) in [5, 5.41) is 2.74. The number of ether oxygens (including phenoxy) is 2. The highest BCUT2D eigenvalue weighted by Gasteiger charge is 2.28. The van der Waals surface area contributed by atoms with E-state index >= 15 is 0 Å². The first kappa shape index (κ1) is 19.6. The predicted molar refractivity (Wildman–Crippen MR) is 103 cm³/mol. The van der Waals surface area contributed by atoms with Crippen LogP contribution in [0.15, 0.2) is 48.5 Å². The first-order chi connectivity index (χ1) is 13.5. The van der Waals surface area contributed by atoms with E-state index in [0.717, 1.165) is 17.5 Å². The number of cyclic esters (lactones) is 1. The van der Waals surface area contributed by atoms with Crippen LogP contribution in [-0.4, -0.2) is 30.5 Å². The van der Waals surface area contributed by atoms with Crippen LogP contribution in [-0.2, 0) is 20.7 Å². The summed E-state index contributed by atoms with van der Waals surface area (Å²) in [6.45, 7) is 3.50. The Morgan fingerprint density at radius 2 is 1.96 bits per heavy atom. The Labute approximate surface area is 163 Å². The van der Waals surface area contributed by atoms with E-state index in [-0.39, 0.29) is 18.6 Å². The van der Waals surface area contributed by atoms with Gasteiger partial charge >= 0.3 is 11.9 Å². The number of hydrogen-bond donors (Lipinski definition) is 1. The molecule has 1 aliphatic rings. The van der Waals surface area contributed by atoms with Gasteiger partial charge in [0.2, 0.25) is 0 Å². The van der Waals surface area contributed by atoms with Crippen LogP contribution in [0.25, 0.3) is 0 Å². The molecule has 3 rings (SSSR count). The van der Waals surface area contributed by atoms with Gasteiger partial charge in [-0.3, -0.25) is 4.79 Å². The third-order valence-electron chi connectivity index (χ3n) is 4.74. The number of benzene rings is 2. The lowest BCUT2D eigenvalue weighted by atomic mass is 9.93. The van der Waals surface area contributed by atoms with Gasteiger partial charge in [0.15, 0.2) is 6.61 Å². The van der Waals surface area contributed by atoms with Crippen molar-refractivity contribution in [3.05, 3.63) is 70.8 Å². The third kappa shape index (κ3) is 4.57. The first-order valence-corrected chi connectivity index (χ1v) is 9.33. The molecule has 146 valence electrons. The Morgan fingerprint density at radius 1 is 1.21 bits per heavy atom. The first-order valence-electron chi connectivity index (χ1n) is 9.33. The Balaban J connectivity index is 1.69. The van der Waals surface area contributed by atoms with Crippen LogP contribution in [0.5, 0.6) is 0 Å². The number of carbonyl (C=O) groups is 3. The molecule has 0 saturated heterocycles. The fourth-order valence-electron chi connectivity index (χ4n) is 3.01. The average Bonchev–Trinajstić information content (AvgIpc) is 2.72. The second kappa shape index (κ2) is 8.69. The van der Waals surface area contributed by atoms with E-state index < -0.39 is 18.0 Å². The van der Waals surface area contributed by atoms with E-state index in [0.29, 0.717) is 17.5 Å². The van der Waals surface area contributed by atoms with Gasteiger partial charge in [-0.1, -0.05) is 37.3 Å². The summed E-state index contributed by atoms with van der Waals surface area (Å²) in [7, 11) is 0. The van der Waals surface area contributed by atoms with Gasteiger partial charge in [0, 0.05) is 12.5 Å². The molecule has 1 heterocycles. The minimum Gasteiger partial charge on any atom is -0.454 e. The van der Waals surface area contributed by atoms with Crippen molar-refractivity contribution < 1.29 is 23.9 Å². The van der Waals surface area contributed by atoms with Gasteiger partial charge in [0.25, 0.3) is 5.91 Å². The molecule has 0 fully saturated rings. The largest absolute Gasteiger partial charge is 0.454 e. The van der Waals surface area contributed by atoms with Crippen molar-refractivity contribution in [1.29, 1.82) is 0 Å². The summed E-state index contributed by atoms with van der Waals surface area (Å²) in [4.78, 5) is 36.4. The smallest absolute Gasteiger partial charge is 0.339 e. The summed E-state index contributed by atoms with van der Waals surface area (Å²) >= 11 is 0. The maximum absolute atomic E-state index is 12.3. The molecule has 0 aliphatic carbocycles. The molecule has 1 amide bonds. The van der Waals surface area contributed by atoms with Crippen molar-refractivity contribution >= 4 is 17.8 Å². The number of fused-ring (bicyclic) bond motifs is 1. The van der Waals surface area contributed by atoms with Crippen LogP contribution in [0.1, 0.15) is 58.2 Å². The highest BCUT2D eigenvalue weighted by molar-refractivity contribution is 5.96. The predicted octanol–water partition coefficient (Wildman–Crippen LogP) is 3.21. The molecule has 2 atom stereocenters. The van der Waals surface area contributed by atoms with Gasteiger partial charge in [0.05, 0.1) is 11.1 Å². The third-order valence-corrected chi connectivity index (χ3v) is 4.74. The standard InChI is InChI=1S/C22H23NO5/c1-3-14(2)23-20(24)13-27-21(25)16-9-10-18-17(11-16)12-19(28-22(18)26)15-7-5-4-6-8-15/h4-11,14,19H,3,12-13H2,1-2H3,(H,23,24)/t14-,19+/m1/s1. The number of amides is 1. The number of nitrogens with one attached hydrogen (secondary N) is 1. The lowest BCUT2D eigenvalue weighted by Gasteiger charge is -2.25. The van der Waals surface area contributed by atoms with Crippen LogP contribution in [0.3, 0.4) is 0 Å². The average molecular weight is 381 g/mol. The highest BCUT2D eigenvalue weighted by Crippen LogP contribution is 2.31. The monoisotopic (exact) mass is 381 g/mol. The molecule has 1 aliphatic heterocycles. The molecule has 0 aromatic heterocycles. The minimum atomic E-state index is -0.600. The lowest BCUT2D eigenvalue weighted by Crippen LogP contribution is -2.35. The second-order valence-corrected chi connectivity index (χ2v) is 6.83. The van der Waals surface area contributed by atoms with Gasteiger partial charge in [0.1, 0.15) is 6.10 Å². The summed E-state index contributed by atoms with van der Waals surface area (Å²) in [5.74, 6) is -1.35. The topological polar surface area (TPSA) is 81.7 Å². The van der Waals surface area contributed by atoms with E-state index in [1.54, 1.807) is 12.1 Å². The number of carbonyl (C=O) groups excluding carboxylic acids is 3. The zero-order valence-corrected chi connectivity index (χ0v) is 15.9. The maximum Gasteiger partial charge on any atom is 0.339 e. The van der Waals surface area contributed by atoms with E-state index in [9.17, 15) is 14.4 Å². The fraction of sp³-hybridized carbons (Fsp3) is 0.318. The van der Waals surface area contributed by atoms with E-state index in [1.165, 1.54) is 6.07 Å². The summed E-state index contributed by atoms with van der Waals surface area (Å²) in [5.41, 5.74) is 2.37. The van der Waals surface area contributed by atoms with Crippen LogP contribution in [0.2, 0.25) is 0 Å². The SMILES string of the molecule is CC[C@@H](C)NC(=O)COC(=O)c1ccc2c(c1)C[C@@H](c1ccccc1)OC2=O. The Morgan fingerprint density at radius 3 is 2.68 bits per heavy atom. The Bertz CT molecular complexity index is 878. The lowest BCUT2D eigenvalue weighted by molar-refractivity contribution is -0.124. The van der Waals surface area contributed by atoms with Crippen LogP contribution >= 0.6 is 0 Å². The Hall–Kier alpha value is -3.15. The Kier molecular flexibility index (Phi) is 6.09. The summed E-state index contributed by atoms with van der Waals surface area (Å²) < 4.78 is 10.6. The van der Waals surface area contributed by atoms with Gasteiger partial charge < -0.3 is 14.8 Å². The molecular weight excluding hydrogens is 358 g/mol. The quantitative estimate of drug-likeness (QED) is 0.777. The molecule has 6 nitrogen and oxygen atoms in total. The van der Waals surface area contributed by atoms with Gasteiger partial charge in [-0.15, -0.1) is 0 Å². The molecule has 28 heavy (non-hydrogen) atoms. The second-order valence-electron chi connectivity index (χ2n) is 6.83. The molecule has 1 N–H and O–H groups in total. The molecular formula is C22H23NO5. The molecule has 2 aromatic carbocycles. The molecule has 0 spiro atoms. The number of esters is 2. The van der Waals surface area contributed by atoms with Crippen molar-refractivity contribution in [2.75, 3.05) is 6.61 Å². The normalized spacial score (nSPS) is 16.5. The molecule has 0 saturated carbocycles. The fourth-order valence-corrected chi connectivity index (χ4v) is 3.01. The van der Waals surface area contributed by atoms with E-state index in [1.807, 2.05) is 44.2 Å². The maximum atomic E-state index is 12.3. The van der Waals surface area contributed by atoms with Crippen LogP contribution in [0.4, 0.5) is 0 Å². The van der Waals surface area contributed by atoms with Crippen molar-refractivity contribution in [3.8, 4) is 0 Å². The summed E-state index contributed by atoms with van der Waals surface area (Å²) in [6.07, 6.45) is 0.873. The van der Waals surface area contributed by atoms with Gasteiger partial charge in [-0.2, -0.15) is 0 Å².